The van der Waals surface area contributed by atoms with E-state index in [1.54, 1.807) is 7.11 Å². The number of para-hydroxylation sites is 1. The first-order chi connectivity index (χ1) is 21.4. The van der Waals surface area contributed by atoms with Crippen LogP contribution in [0.1, 0.15) is 43.8 Å². The van der Waals surface area contributed by atoms with Crippen LogP contribution >= 0.6 is 0 Å². The third kappa shape index (κ3) is 5.80. The van der Waals surface area contributed by atoms with Crippen LogP contribution in [-0.4, -0.2) is 91.9 Å². The summed E-state index contributed by atoms with van der Waals surface area (Å²) in [5.74, 6) is 0.741. The zero-order valence-corrected chi connectivity index (χ0v) is 26.1. The van der Waals surface area contributed by atoms with Crippen molar-refractivity contribution < 1.29 is 14.3 Å². The number of carbonyl (C=O) groups is 2. The van der Waals surface area contributed by atoms with E-state index < -0.39 is 0 Å². The molecule has 0 spiro atoms. The first kappa shape index (κ1) is 29.8. The number of amides is 1. The fraction of sp³-hybridized carbons (Fsp3) is 0.333. The average molecular weight is 592 g/mol. The highest BCUT2D eigenvalue weighted by molar-refractivity contribution is 6.07. The van der Waals surface area contributed by atoms with Gasteiger partial charge in [0.1, 0.15) is 11.9 Å². The number of ether oxygens (including phenoxy) is 1. The molecular formula is C36H41N5O3. The number of fused-ring (bicyclic) bond motifs is 2. The first-order valence-electron chi connectivity index (χ1n) is 15.3. The van der Waals surface area contributed by atoms with Crippen molar-refractivity contribution in [1.82, 2.24) is 19.3 Å². The molecule has 228 valence electrons. The lowest BCUT2D eigenvalue weighted by Gasteiger charge is -2.43. The molecule has 3 heterocycles. The second-order valence-corrected chi connectivity index (χ2v) is 12.0. The summed E-state index contributed by atoms with van der Waals surface area (Å²) in [7, 11) is 5.88. The molecule has 2 aliphatic heterocycles. The van der Waals surface area contributed by atoms with E-state index in [2.05, 4.69) is 45.5 Å². The number of carbonyl (C=O) groups excluding carboxylic acids is 2. The van der Waals surface area contributed by atoms with Crippen molar-refractivity contribution in [3.05, 3.63) is 107 Å². The van der Waals surface area contributed by atoms with Crippen LogP contribution in [-0.2, 0) is 6.54 Å². The zero-order chi connectivity index (χ0) is 30.8. The molecule has 1 saturated heterocycles. The van der Waals surface area contributed by atoms with Gasteiger partial charge in [-0.15, -0.1) is 0 Å². The highest BCUT2D eigenvalue weighted by Crippen LogP contribution is 2.39. The number of nitrogens with zero attached hydrogens (tertiary/aromatic N) is 5. The van der Waals surface area contributed by atoms with Crippen LogP contribution in [0.4, 0.5) is 5.69 Å². The smallest absolute Gasteiger partial charge is 0.259 e. The van der Waals surface area contributed by atoms with Crippen molar-refractivity contribution in [2.75, 3.05) is 65.4 Å². The standard InChI is InChI=1S/C36H41N5O3/c1-26-22-28(12-14-32(26)27-9-7-10-31(23-27)44-4)36(43)41-33-11-6-5-8-29(33)24-40-30(25-42)13-15-34(40)35(41)39-20-18-38(19-21-39)17-16-37(2)3/h5-15,22-23,25,35H,16-21,24H2,1-4H3. The Hall–Kier alpha value is -4.24. The number of hydrogen-bond acceptors (Lipinski definition) is 6. The van der Waals surface area contributed by atoms with Gasteiger partial charge in [-0.1, -0.05) is 36.4 Å². The molecule has 1 fully saturated rings. The molecule has 1 amide bonds. The van der Waals surface area contributed by atoms with E-state index in [9.17, 15) is 9.59 Å². The summed E-state index contributed by atoms with van der Waals surface area (Å²) in [4.78, 5) is 36.0. The summed E-state index contributed by atoms with van der Waals surface area (Å²) in [6.45, 7) is 8.09. The molecule has 8 heteroatoms. The number of benzene rings is 3. The monoisotopic (exact) mass is 591 g/mol. The van der Waals surface area contributed by atoms with Crippen LogP contribution in [0.2, 0.25) is 0 Å². The Labute approximate surface area is 260 Å². The lowest BCUT2D eigenvalue weighted by atomic mass is 9.97. The van der Waals surface area contributed by atoms with Gasteiger partial charge < -0.3 is 14.2 Å². The minimum absolute atomic E-state index is 0.0555. The number of hydrogen-bond donors (Lipinski definition) is 0. The molecule has 0 radical (unpaired) electrons. The SMILES string of the molecule is COc1cccc(-c2ccc(C(=O)N3c4ccccc4Cn4c(C=O)ccc4C3N3CCN(CCN(C)C)CC3)cc2C)c1. The normalized spacial score (nSPS) is 17.2. The summed E-state index contributed by atoms with van der Waals surface area (Å²) in [6, 6.07) is 26.0. The number of likely N-dealkylation sites (N-methyl/N-ethyl adjacent to an activating group) is 1. The Morgan fingerprint density at radius 1 is 0.955 bits per heavy atom. The summed E-state index contributed by atoms with van der Waals surface area (Å²) >= 11 is 0. The maximum atomic E-state index is 14.8. The summed E-state index contributed by atoms with van der Waals surface area (Å²) in [6.07, 6.45) is 0.565. The van der Waals surface area contributed by atoms with Gasteiger partial charge in [0.05, 0.1) is 30.7 Å². The van der Waals surface area contributed by atoms with Crippen molar-refractivity contribution in [2.24, 2.45) is 0 Å². The molecule has 1 atom stereocenters. The Kier molecular flexibility index (Phi) is 8.66. The van der Waals surface area contributed by atoms with Crippen LogP contribution in [0, 0.1) is 6.92 Å². The second-order valence-electron chi connectivity index (χ2n) is 12.0. The van der Waals surface area contributed by atoms with E-state index in [0.29, 0.717) is 17.8 Å². The third-order valence-corrected chi connectivity index (χ3v) is 8.95. The molecule has 44 heavy (non-hydrogen) atoms. The van der Waals surface area contributed by atoms with E-state index >= 15 is 0 Å². The number of methoxy groups -OCH3 is 1. The van der Waals surface area contributed by atoms with Gasteiger partial charge in [-0.25, -0.2) is 0 Å². The van der Waals surface area contributed by atoms with E-state index in [-0.39, 0.29) is 12.1 Å². The van der Waals surface area contributed by atoms with Crippen molar-refractivity contribution in [1.29, 1.82) is 0 Å². The lowest BCUT2D eigenvalue weighted by molar-refractivity contribution is 0.0747. The van der Waals surface area contributed by atoms with Gasteiger partial charge in [0, 0.05) is 44.8 Å². The number of anilines is 1. The minimum atomic E-state index is -0.353. The third-order valence-electron chi connectivity index (χ3n) is 8.95. The van der Waals surface area contributed by atoms with E-state index in [1.165, 1.54) is 0 Å². The molecule has 2 aliphatic rings. The van der Waals surface area contributed by atoms with E-state index in [4.69, 9.17) is 4.74 Å². The number of aldehydes is 1. The number of aryl methyl sites for hydroxylation is 1. The van der Waals surface area contributed by atoms with Crippen LogP contribution in [0.25, 0.3) is 11.1 Å². The zero-order valence-electron chi connectivity index (χ0n) is 26.1. The second kappa shape index (κ2) is 12.8. The molecule has 8 nitrogen and oxygen atoms in total. The Morgan fingerprint density at radius 2 is 1.75 bits per heavy atom. The molecule has 1 aromatic heterocycles. The summed E-state index contributed by atoms with van der Waals surface area (Å²) in [5, 5.41) is 0. The van der Waals surface area contributed by atoms with Gasteiger partial charge in [-0.2, -0.15) is 0 Å². The highest BCUT2D eigenvalue weighted by Gasteiger charge is 2.39. The Balaban J connectivity index is 1.40. The van der Waals surface area contributed by atoms with Crippen molar-refractivity contribution in [2.45, 2.75) is 19.6 Å². The Morgan fingerprint density at radius 3 is 2.48 bits per heavy atom. The van der Waals surface area contributed by atoms with Gasteiger partial charge >= 0.3 is 0 Å². The highest BCUT2D eigenvalue weighted by atomic mass is 16.5. The number of rotatable bonds is 8. The molecule has 0 N–H and O–H groups in total. The maximum Gasteiger partial charge on any atom is 0.259 e. The molecule has 0 aliphatic carbocycles. The fourth-order valence-corrected chi connectivity index (χ4v) is 6.52. The summed E-state index contributed by atoms with van der Waals surface area (Å²) < 4.78 is 7.53. The Bertz CT molecular complexity index is 1650. The topological polar surface area (TPSA) is 61.3 Å². The van der Waals surface area contributed by atoms with Crippen LogP contribution in [0.5, 0.6) is 5.75 Å². The first-order valence-corrected chi connectivity index (χ1v) is 15.3. The maximum absolute atomic E-state index is 14.8. The lowest BCUT2D eigenvalue weighted by Crippen LogP contribution is -2.54. The number of aromatic nitrogens is 1. The predicted octanol–water partition coefficient (Wildman–Crippen LogP) is 5.17. The van der Waals surface area contributed by atoms with Crippen molar-refractivity contribution in [3.8, 4) is 16.9 Å². The van der Waals surface area contributed by atoms with Crippen molar-refractivity contribution in [3.63, 3.8) is 0 Å². The van der Waals surface area contributed by atoms with Crippen molar-refractivity contribution >= 4 is 17.9 Å². The molecule has 0 saturated carbocycles. The van der Waals surface area contributed by atoms with Crippen LogP contribution in [0.15, 0.2) is 78.9 Å². The van der Waals surface area contributed by atoms with E-state index in [1.807, 2.05) is 78.6 Å². The van der Waals surface area contributed by atoms with Gasteiger partial charge in [0.15, 0.2) is 6.29 Å². The largest absolute Gasteiger partial charge is 0.497 e. The summed E-state index contributed by atoms with van der Waals surface area (Å²) in [5.41, 5.74) is 7.24. The molecule has 6 rings (SSSR count). The van der Waals surface area contributed by atoms with Crippen LogP contribution in [0.3, 0.4) is 0 Å². The predicted molar refractivity (Wildman–Crippen MR) is 175 cm³/mol. The van der Waals surface area contributed by atoms with Crippen LogP contribution < -0.4 is 9.64 Å². The fourth-order valence-electron chi connectivity index (χ4n) is 6.52. The van der Waals surface area contributed by atoms with Gasteiger partial charge in [0.25, 0.3) is 5.91 Å². The quantitative estimate of drug-likeness (QED) is 0.264. The van der Waals surface area contributed by atoms with Gasteiger partial charge in [0.2, 0.25) is 0 Å². The molecule has 1 unspecified atom stereocenters. The molecular weight excluding hydrogens is 550 g/mol. The average Bonchev–Trinajstić information content (AvgIpc) is 3.38. The molecule has 4 aromatic rings. The van der Waals surface area contributed by atoms with Gasteiger partial charge in [-0.3, -0.25) is 24.3 Å². The minimum Gasteiger partial charge on any atom is -0.497 e. The molecule has 0 bridgehead atoms. The van der Waals surface area contributed by atoms with E-state index in [0.717, 1.165) is 84.9 Å². The van der Waals surface area contributed by atoms with Gasteiger partial charge in [-0.05, 0) is 85.7 Å². The molecule has 3 aromatic carbocycles. The number of piperazine rings is 1.